The molecule has 0 radical (unpaired) electrons. The molecule has 2 aliphatic carbocycles. The Morgan fingerprint density at radius 3 is 2.32 bits per heavy atom. The molecule has 0 saturated heterocycles. The van der Waals surface area contributed by atoms with Crippen LogP contribution in [-0.4, -0.2) is 26.9 Å². The summed E-state index contributed by atoms with van der Waals surface area (Å²) in [6.45, 7) is 3.66. The van der Waals surface area contributed by atoms with Gasteiger partial charge in [-0.3, -0.25) is 4.79 Å². The number of hydrogen-bond acceptors (Lipinski definition) is 4. The maximum Gasteiger partial charge on any atom is 0.303 e. The number of hydrogen-bond donors (Lipinski definition) is 2. The number of rotatable bonds is 12. The summed E-state index contributed by atoms with van der Waals surface area (Å²) >= 11 is 8.04. The average molecular weight is 670 g/mol. The fraction of sp³-hybridized carbons (Fsp3) is 0.415. The summed E-state index contributed by atoms with van der Waals surface area (Å²) in [6.07, 6.45) is 17.0. The van der Waals surface area contributed by atoms with E-state index in [9.17, 15) is 15.0 Å². The second-order valence-corrected chi connectivity index (χ2v) is 15.5. The van der Waals surface area contributed by atoms with E-state index in [-0.39, 0.29) is 17.1 Å². The van der Waals surface area contributed by atoms with Gasteiger partial charge in [-0.2, -0.15) is 11.8 Å². The highest BCUT2D eigenvalue weighted by Gasteiger charge is 2.44. The first-order valence-electron chi connectivity index (χ1n) is 17.1. The number of aliphatic carboxylic acids is 1. The topological polar surface area (TPSA) is 70.4 Å². The average Bonchev–Trinajstić information content (AvgIpc) is 3.83. The van der Waals surface area contributed by atoms with Crippen LogP contribution in [-0.2, 0) is 16.8 Å². The van der Waals surface area contributed by atoms with Crippen molar-refractivity contribution in [1.29, 1.82) is 0 Å². The molecule has 1 unspecified atom stereocenters. The predicted octanol–water partition coefficient (Wildman–Crippen LogP) is 11.3. The molecule has 2 fully saturated rings. The molecule has 0 bridgehead atoms. The molecular weight excluding hydrogens is 622 g/mol. The van der Waals surface area contributed by atoms with Crippen LogP contribution in [0.25, 0.3) is 23.1 Å². The Hall–Kier alpha value is -3.12. The van der Waals surface area contributed by atoms with Gasteiger partial charge in [-0.1, -0.05) is 117 Å². The van der Waals surface area contributed by atoms with Gasteiger partial charge >= 0.3 is 5.97 Å². The third-order valence-corrected chi connectivity index (χ3v) is 11.3. The van der Waals surface area contributed by atoms with Gasteiger partial charge in [0.2, 0.25) is 0 Å². The highest BCUT2D eigenvalue weighted by molar-refractivity contribution is 7.99. The summed E-state index contributed by atoms with van der Waals surface area (Å²) in [5.41, 5.74) is 5.15. The number of aliphatic hydroxyl groups is 1. The molecule has 2 saturated carbocycles. The molecule has 2 N–H and O–H groups in total. The number of thioether (sulfide) groups is 1. The van der Waals surface area contributed by atoms with Crippen molar-refractivity contribution in [3.63, 3.8) is 0 Å². The molecular formula is C41H48ClNO3S. The summed E-state index contributed by atoms with van der Waals surface area (Å²) in [5.74, 6) is 0.122. The number of halogens is 1. The fourth-order valence-electron chi connectivity index (χ4n) is 6.42. The van der Waals surface area contributed by atoms with E-state index in [1.165, 1.54) is 44.1 Å². The maximum absolute atomic E-state index is 11.5. The molecule has 1 heterocycles. The molecule has 0 amide bonds. The van der Waals surface area contributed by atoms with Crippen molar-refractivity contribution in [2.75, 3.05) is 5.75 Å². The number of aryl methyl sites for hydroxylation is 1. The second-order valence-electron chi connectivity index (χ2n) is 13.8. The lowest BCUT2D eigenvalue weighted by molar-refractivity contribution is -0.138. The summed E-state index contributed by atoms with van der Waals surface area (Å²) in [6, 6.07) is 26.5. The van der Waals surface area contributed by atoms with Gasteiger partial charge in [-0.05, 0) is 91.5 Å². The number of carboxylic acids is 1. The molecule has 1 aromatic heterocycles. The Labute approximate surface area is 289 Å². The van der Waals surface area contributed by atoms with Gasteiger partial charge in [0, 0.05) is 21.4 Å². The van der Waals surface area contributed by atoms with Crippen molar-refractivity contribution in [3.05, 3.63) is 112 Å². The van der Waals surface area contributed by atoms with Crippen LogP contribution in [0.4, 0.5) is 0 Å². The van der Waals surface area contributed by atoms with Crippen molar-refractivity contribution >= 4 is 52.4 Å². The van der Waals surface area contributed by atoms with E-state index in [1.54, 1.807) is 0 Å². The monoisotopic (exact) mass is 669 g/mol. The van der Waals surface area contributed by atoms with E-state index < -0.39 is 11.6 Å². The fourth-order valence-corrected chi connectivity index (χ4v) is 8.15. The first-order chi connectivity index (χ1) is 22.6. The number of carboxylic acid groups (broad SMARTS) is 1. The number of fused-ring (bicyclic) bond motifs is 1. The van der Waals surface area contributed by atoms with Crippen LogP contribution in [0.1, 0.15) is 111 Å². The van der Waals surface area contributed by atoms with Crippen LogP contribution in [0.2, 0.25) is 5.02 Å². The van der Waals surface area contributed by atoms with Crippen molar-refractivity contribution in [2.24, 2.45) is 5.41 Å². The largest absolute Gasteiger partial charge is 0.481 e. The molecule has 4 aromatic rings. The number of nitrogens with zero attached hydrogens (tertiary/aromatic N) is 1. The van der Waals surface area contributed by atoms with E-state index in [0.717, 1.165) is 64.7 Å². The highest BCUT2D eigenvalue weighted by Crippen LogP contribution is 2.53. The third-order valence-electron chi connectivity index (χ3n) is 9.33. The Balaban J connectivity index is 0.000000650. The summed E-state index contributed by atoms with van der Waals surface area (Å²) in [5, 5.41) is 22.1. The van der Waals surface area contributed by atoms with Crippen molar-refractivity contribution in [3.8, 4) is 0 Å². The molecule has 3 aromatic carbocycles. The minimum Gasteiger partial charge on any atom is -0.481 e. The quantitative estimate of drug-likeness (QED) is 0.157. The Kier molecular flexibility index (Phi) is 12.2. The molecule has 47 heavy (non-hydrogen) atoms. The van der Waals surface area contributed by atoms with E-state index >= 15 is 0 Å². The van der Waals surface area contributed by atoms with Crippen molar-refractivity contribution in [2.45, 2.75) is 95.3 Å². The first kappa shape index (κ1) is 35.2. The van der Waals surface area contributed by atoms with Crippen LogP contribution < -0.4 is 0 Å². The number of benzene rings is 3. The van der Waals surface area contributed by atoms with Crippen LogP contribution in [0, 0.1) is 5.41 Å². The second kappa shape index (κ2) is 16.3. The minimum atomic E-state index is -0.911. The van der Waals surface area contributed by atoms with Crippen LogP contribution in [0.3, 0.4) is 0 Å². The summed E-state index contributed by atoms with van der Waals surface area (Å²) in [7, 11) is 0. The van der Waals surface area contributed by atoms with Crippen molar-refractivity contribution < 1.29 is 15.0 Å². The molecule has 4 nitrogen and oxygen atoms in total. The lowest BCUT2D eigenvalue weighted by atomic mass is 9.90. The minimum absolute atomic E-state index is 0.0814. The van der Waals surface area contributed by atoms with E-state index in [0.29, 0.717) is 5.02 Å². The van der Waals surface area contributed by atoms with Gasteiger partial charge in [0.05, 0.1) is 23.2 Å². The molecule has 0 spiro atoms. The summed E-state index contributed by atoms with van der Waals surface area (Å²) in [4.78, 5) is 16.2. The van der Waals surface area contributed by atoms with Gasteiger partial charge in [-0.25, -0.2) is 4.98 Å². The van der Waals surface area contributed by atoms with Gasteiger partial charge in [0.1, 0.15) is 0 Å². The highest BCUT2D eigenvalue weighted by atomic mass is 35.5. The van der Waals surface area contributed by atoms with Crippen LogP contribution in [0.15, 0.2) is 78.9 Å². The molecule has 1 atom stereocenters. The number of pyridine rings is 1. The van der Waals surface area contributed by atoms with Crippen LogP contribution in [0.5, 0.6) is 0 Å². The smallest absolute Gasteiger partial charge is 0.303 e. The SMILES string of the molecule is C1CCCCC1.CC(C)(O)c1ccccc1CCC(SCC1(CC(=O)O)CC1)c1cccc(/C=C/c2ccc3ccc(Cl)cc3n2)c1. The normalized spacial score (nSPS) is 16.4. The number of aromatic nitrogens is 1. The van der Waals surface area contributed by atoms with Crippen LogP contribution >= 0.6 is 23.4 Å². The van der Waals surface area contributed by atoms with Crippen molar-refractivity contribution in [1.82, 2.24) is 4.98 Å². The Morgan fingerprint density at radius 2 is 1.64 bits per heavy atom. The van der Waals surface area contributed by atoms with E-state index in [1.807, 2.05) is 74.1 Å². The maximum atomic E-state index is 11.5. The number of carbonyl (C=O) groups is 1. The molecule has 248 valence electrons. The summed E-state index contributed by atoms with van der Waals surface area (Å²) < 4.78 is 0. The molecule has 6 rings (SSSR count). The van der Waals surface area contributed by atoms with E-state index in [2.05, 4.69) is 42.5 Å². The van der Waals surface area contributed by atoms with Gasteiger partial charge in [0.25, 0.3) is 0 Å². The zero-order chi connectivity index (χ0) is 33.3. The lowest BCUT2D eigenvalue weighted by Gasteiger charge is -2.24. The van der Waals surface area contributed by atoms with Gasteiger partial charge in [-0.15, -0.1) is 0 Å². The third kappa shape index (κ3) is 10.7. The van der Waals surface area contributed by atoms with Gasteiger partial charge in [0.15, 0.2) is 0 Å². The standard InChI is InChI=1S/C35H36ClNO3S.C6H12/c1-34(2,40)30-9-4-3-7-25(30)13-17-32(41-23-35(18-19-35)22-33(38)39)27-8-5-6-24(20-27)10-15-29-16-12-26-11-14-28(36)21-31(26)37-29;1-2-4-6-5-3-1/h3-12,14-16,20-21,32,40H,13,17-19,22-23H2,1-2H3,(H,38,39);1-6H2/b15-10+;. The lowest BCUT2D eigenvalue weighted by Crippen LogP contribution is -2.18. The molecule has 2 aliphatic rings. The van der Waals surface area contributed by atoms with Gasteiger partial charge < -0.3 is 10.2 Å². The predicted molar refractivity (Wildman–Crippen MR) is 199 cm³/mol. The van der Waals surface area contributed by atoms with E-state index in [4.69, 9.17) is 16.6 Å². The molecule has 0 aliphatic heterocycles. The Morgan fingerprint density at radius 1 is 0.936 bits per heavy atom. The first-order valence-corrected chi connectivity index (χ1v) is 18.5. The zero-order valence-corrected chi connectivity index (χ0v) is 29.3. The zero-order valence-electron chi connectivity index (χ0n) is 27.8. The Bertz CT molecular complexity index is 1660. The molecule has 6 heteroatoms.